The number of methoxy groups -OCH3 is 2. The van der Waals surface area contributed by atoms with Crippen molar-refractivity contribution < 1.29 is 32.6 Å². The number of halogens is 2. The molecular formula is C29H25F2N3O5. The second-order valence-corrected chi connectivity index (χ2v) is 9.16. The van der Waals surface area contributed by atoms with E-state index in [0.29, 0.717) is 46.7 Å². The fourth-order valence-electron chi connectivity index (χ4n) is 4.32. The van der Waals surface area contributed by atoms with E-state index in [1.807, 2.05) is 0 Å². The first-order chi connectivity index (χ1) is 18.8. The number of nitrogens with zero attached hydrogens (tertiary/aromatic N) is 2. The number of carbonyl (C=O) groups excluding carboxylic acids is 2. The first-order valence-corrected chi connectivity index (χ1v) is 12.1. The van der Waals surface area contributed by atoms with Gasteiger partial charge >= 0.3 is 0 Å². The molecule has 1 aliphatic carbocycles. The minimum atomic E-state index is -1.26. The normalized spacial score (nSPS) is 13.5. The van der Waals surface area contributed by atoms with Crippen LogP contribution in [0.2, 0.25) is 0 Å². The van der Waals surface area contributed by atoms with Gasteiger partial charge in [0, 0.05) is 42.1 Å². The highest BCUT2D eigenvalue weighted by molar-refractivity contribution is 6.17. The summed E-state index contributed by atoms with van der Waals surface area (Å²) in [6.45, 7) is 0. The first-order valence-electron chi connectivity index (χ1n) is 12.1. The van der Waals surface area contributed by atoms with Crippen molar-refractivity contribution in [2.24, 2.45) is 5.41 Å². The maximum atomic E-state index is 15.2. The molecule has 0 atom stereocenters. The highest BCUT2D eigenvalue weighted by atomic mass is 19.1. The average Bonchev–Trinajstić information content (AvgIpc) is 3.76. The van der Waals surface area contributed by atoms with Gasteiger partial charge in [-0.25, -0.2) is 8.78 Å². The summed E-state index contributed by atoms with van der Waals surface area (Å²) in [7, 11) is 4.51. The van der Waals surface area contributed by atoms with Crippen LogP contribution in [0, 0.1) is 17.0 Å². The van der Waals surface area contributed by atoms with Crippen molar-refractivity contribution >= 4 is 34.1 Å². The van der Waals surface area contributed by atoms with E-state index in [9.17, 15) is 14.0 Å². The SMILES string of the molecule is COc1cc2nccc(Oc3ccc(N(C)C(=O)C4(C(=O)Nc5ccc(F)cc5)CC4)cc3F)c2cc1OC. The molecule has 1 N–H and O–H groups in total. The summed E-state index contributed by atoms with van der Waals surface area (Å²) in [5, 5.41) is 3.26. The summed E-state index contributed by atoms with van der Waals surface area (Å²) in [5.41, 5.74) is -0.0431. The van der Waals surface area contributed by atoms with Crippen molar-refractivity contribution in [3.63, 3.8) is 0 Å². The van der Waals surface area contributed by atoms with E-state index in [0.717, 1.165) is 0 Å². The Morgan fingerprint density at radius 1 is 0.897 bits per heavy atom. The Morgan fingerprint density at radius 2 is 1.59 bits per heavy atom. The second-order valence-electron chi connectivity index (χ2n) is 9.16. The number of anilines is 2. The van der Waals surface area contributed by atoms with Crippen LogP contribution in [0.15, 0.2) is 66.9 Å². The van der Waals surface area contributed by atoms with Gasteiger partial charge in [-0.1, -0.05) is 0 Å². The molecule has 8 nitrogen and oxygen atoms in total. The molecule has 200 valence electrons. The number of carbonyl (C=O) groups is 2. The molecule has 1 fully saturated rings. The Morgan fingerprint density at radius 3 is 2.23 bits per heavy atom. The highest BCUT2D eigenvalue weighted by Crippen LogP contribution is 2.49. The molecule has 39 heavy (non-hydrogen) atoms. The molecule has 1 aromatic heterocycles. The first kappa shape index (κ1) is 25.9. The van der Waals surface area contributed by atoms with E-state index >= 15 is 4.39 Å². The molecular weight excluding hydrogens is 508 g/mol. The van der Waals surface area contributed by atoms with Gasteiger partial charge in [-0.2, -0.15) is 0 Å². The summed E-state index contributed by atoms with van der Waals surface area (Å²) in [4.78, 5) is 31.8. The summed E-state index contributed by atoms with van der Waals surface area (Å²) in [6, 6.07) is 14.4. The molecule has 1 heterocycles. The Balaban J connectivity index is 1.35. The zero-order valence-corrected chi connectivity index (χ0v) is 21.5. The van der Waals surface area contributed by atoms with E-state index in [2.05, 4.69) is 10.3 Å². The number of pyridine rings is 1. The predicted octanol–water partition coefficient (Wildman–Crippen LogP) is 5.70. The van der Waals surface area contributed by atoms with E-state index in [1.54, 1.807) is 18.2 Å². The number of hydrogen-bond acceptors (Lipinski definition) is 6. The molecule has 0 unspecified atom stereocenters. The number of nitrogens with one attached hydrogen (secondary N) is 1. The maximum absolute atomic E-state index is 15.2. The lowest BCUT2D eigenvalue weighted by Gasteiger charge is -2.23. The molecule has 5 rings (SSSR count). The summed E-state index contributed by atoms with van der Waals surface area (Å²) in [6.07, 6.45) is 2.25. The van der Waals surface area contributed by atoms with Gasteiger partial charge in [0.15, 0.2) is 23.1 Å². The summed E-state index contributed by atoms with van der Waals surface area (Å²) >= 11 is 0. The van der Waals surface area contributed by atoms with Crippen LogP contribution in [-0.2, 0) is 9.59 Å². The molecule has 0 radical (unpaired) electrons. The fourth-order valence-corrected chi connectivity index (χ4v) is 4.32. The quantitative estimate of drug-likeness (QED) is 0.292. The predicted molar refractivity (Wildman–Crippen MR) is 141 cm³/mol. The Hall–Kier alpha value is -4.73. The molecule has 0 aliphatic heterocycles. The van der Waals surface area contributed by atoms with Crippen molar-refractivity contribution in [3.05, 3.63) is 78.5 Å². The van der Waals surface area contributed by atoms with Crippen LogP contribution >= 0.6 is 0 Å². The summed E-state index contributed by atoms with van der Waals surface area (Å²) < 4.78 is 44.9. The molecule has 3 aromatic carbocycles. The van der Waals surface area contributed by atoms with Gasteiger partial charge in [-0.05, 0) is 61.4 Å². The summed E-state index contributed by atoms with van der Waals surface area (Å²) in [5.74, 6) is -0.813. The van der Waals surface area contributed by atoms with Gasteiger partial charge in [-0.3, -0.25) is 14.6 Å². The molecule has 0 bridgehead atoms. The van der Waals surface area contributed by atoms with Crippen LogP contribution in [0.4, 0.5) is 20.2 Å². The van der Waals surface area contributed by atoms with Crippen molar-refractivity contribution in [1.29, 1.82) is 0 Å². The van der Waals surface area contributed by atoms with Crippen LogP contribution in [-0.4, -0.2) is 38.1 Å². The van der Waals surface area contributed by atoms with E-state index in [4.69, 9.17) is 14.2 Å². The fraction of sp³-hybridized carbons (Fsp3) is 0.207. The molecule has 0 saturated heterocycles. The van der Waals surface area contributed by atoms with Crippen LogP contribution in [0.3, 0.4) is 0 Å². The van der Waals surface area contributed by atoms with Gasteiger partial charge in [-0.15, -0.1) is 0 Å². The zero-order valence-electron chi connectivity index (χ0n) is 21.5. The minimum Gasteiger partial charge on any atom is -0.493 e. The number of rotatable bonds is 8. The van der Waals surface area contributed by atoms with Crippen molar-refractivity contribution in [2.45, 2.75) is 12.8 Å². The Kier molecular flexibility index (Phi) is 6.78. The van der Waals surface area contributed by atoms with Crippen molar-refractivity contribution in [3.8, 4) is 23.0 Å². The number of ether oxygens (including phenoxy) is 3. The zero-order chi connectivity index (χ0) is 27.7. The second kappa shape index (κ2) is 10.2. The third kappa shape index (κ3) is 4.93. The van der Waals surface area contributed by atoms with E-state index < -0.39 is 28.9 Å². The third-order valence-electron chi connectivity index (χ3n) is 6.73. The van der Waals surface area contributed by atoms with Gasteiger partial charge in [0.05, 0.1) is 19.7 Å². The van der Waals surface area contributed by atoms with Gasteiger partial charge < -0.3 is 24.4 Å². The highest BCUT2D eigenvalue weighted by Gasteiger charge is 2.57. The topological polar surface area (TPSA) is 90.0 Å². The van der Waals surface area contributed by atoms with Crippen LogP contribution < -0.4 is 24.4 Å². The van der Waals surface area contributed by atoms with Gasteiger partial charge in [0.2, 0.25) is 11.8 Å². The van der Waals surface area contributed by atoms with E-state index in [1.165, 1.54) is 74.8 Å². The van der Waals surface area contributed by atoms with Crippen LogP contribution in [0.1, 0.15) is 12.8 Å². The largest absolute Gasteiger partial charge is 0.493 e. The number of aromatic nitrogens is 1. The van der Waals surface area contributed by atoms with Crippen molar-refractivity contribution in [2.75, 3.05) is 31.5 Å². The average molecular weight is 534 g/mol. The molecule has 1 aliphatic rings. The number of benzene rings is 3. The lowest BCUT2D eigenvalue weighted by atomic mass is 10.0. The molecule has 2 amide bonds. The number of amides is 2. The van der Waals surface area contributed by atoms with Gasteiger partial charge in [0.25, 0.3) is 0 Å². The Labute approximate surface area is 223 Å². The standard InChI is InChI=1S/C29H25F2N3O5/c1-34(28(36)29(11-12-29)27(35)33-18-6-4-17(30)5-7-18)19-8-9-24(21(31)14-19)39-23-10-13-32-22-16-26(38-3)25(37-2)15-20(22)23/h4-10,13-16H,11-12H2,1-3H3,(H,33,35). The smallest absolute Gasteiger partial charge is 0.242 e. The van der Waals surface area contributed by atoms with E-state index in [-0.39, 0.29) is 11.4 Å². The molecule has 0 spiro atoms. The molecule has 4 aromatic rings. The monoisotopic (exact) mass is 533 g/mol. The molecule has 1 saturated carbocycles. The number of hydrogen-bond donors (Lipinski definition) is 1. The Bertz CT molecular complexity index is 1570. The number of fused-ring (bicyclic) bond motifs is 1. The third-order valence-corrected chi connectivity index (χ3v) is 6.73. The van der Waals surface area contributed by atoms with Gasteiger partial charge in [0.1, 0.15) is 17.0 Å². The molecule has 10 heteroatoms. The minimum absolute atomic E-state index is 0.0583. The van der Waals surface area contributed by atoms with Crippen LogP contribution in [0.5, 0.6) is 23.0 Å². The lowest BCUT2D eigenvalue weighted by molar-refractivity contribution is -0.132. The maximum Gasteiger partial charge on any atom is 0.242 e. The van der Waals surface area contributed by atoms with Crippen LogP contribution in [0.25, 0.3) is 10.9 Å². The lowest BCUT2D eigenvalue weighted by Crippen LogP contribution is -2.41. The van der Waals surface area contributed by atoms with Crippen molar-refractivity contribution in [1.82, 2.24) is 4.98 Å².